The largest absolute Gasteiger partial charge is 0.403 e. The van der Waals surface area contributed by atoms with Crippen LogP contribution in [0.4, 0.5) is 0 Å². The van der Waals surface area contributed by atoms with Gasteiger partial charge in [-0.05, 0) is 30.5 Å². The quantitative estimate of drug-likeness (QED) is 0.510. The summed E-state index contributed by atoms with van der Waals surface area (Å²) in [6.07, 6.45) is 7.90. The Morgan fingerprint density at radius 2 is 1.81 bits per heavy atom. The van der Waals surface area contributed by atoms with Gasteiger partial charge in [-0.2, -0.15) is 0 Å². The van der Waals surface area contributed by atoms with Crippen LogP contribution < -0.4 is 0 Å². The molecular formula is C14H28OSi. The molecule has 1 nitrogen and oxygen atoms in total. The van der Waals surface area contributed by atoms with Gasteiger partial charge in [-0.25, -0.2) is 0 Å². The van der Waals surface area contributed by atoms with E-state index in [1.807, 2.05) is 0 Å². The molecule has 0 bridgehead atoms. The van der Waals surface area contributed by atoms with Crippen molar-refractivity contribution in [2.75, 3.05) is 0 Å². The summed E-state index contributed by atoms with van der Waals surface area (Å²) in [5.41, 5.74) is 0. The van der Waals surface area contributed by atoms with Crippen LogP contribution in [0.3, 0.4) is 0 Å². The lowest BCUT2D eigenvalue weighted by Gasteiger charge is -2.39. The summed E-state index contributed by atoms with van der Waals surface area (Å²) in [5.74, 6) is 3.29. The maximum atomic E-state index is 6.27. The molecule has 0 radical (unpaired) electrons. The van der Waals surface area contributed by atoms with E-state index in [9.17, 15) is 0 Å². The first-order chi connectivity index (χ1) is 7.15. The van der Waals surface area contributed by atoms with Crippen LogP contribution in [-0.4, -0.2) is 14.4 Å². The van der Waals surface area contributed by atoms with Crippen LogP contribution in [0.2, 0.25) is 18.1 Å². The van der Waals surface area contributed by atoms with Crippen LogP contribution in [0, 0.1) is 18.3 Å². The monoisotopic (exact) mass is 240 g/mol. The highest BCUT2D eigenvalue weighted by Gasteiger charge is 2.39. The second-order valence-corrected chi connectivity index (χ2v) is 11.0. The van der Waals surface area contributed by atoms with Gasteiger partial charge in [-0.3, -0.25) is 0 Å². The minimum absolute atomic E-state index is 0.0131. The van der Waals surface area contributed by atoms with Crippen molar-refractivity contribution >= 4 is 8.32 Å². The molecule has 2 atom stereocenters. The van der Waals surface area contributed by atoms with Crippen LogP contribution in [0.25, 0.3) is 0 Å². The van der Waals surface area contributed by atoms with Crippen molar-refractivity contribution in [3.63, 3.8) is 0 Å². The van der Waals surface area contributed by atoms with E-state index in [1.165, 1.54) is 6.42 Å². The number of terminal acetylenes is 1. The third kappa shape index (κ3) is 4.31. The van der Waals surface area contributed by atoms with Gasteiger partial charge < -0.3 is 4.43 Å². The molecule has 0 N–H and O–H groups in total. The average molecular weight is 240 g/mol. The molecule has 2 unspecified atom stereocenters. The van der Waals surface area contributed by atoms with E-state index >= 15 is 0 Å². The second-order valence-electron chi connectivity index (χ2n) is 6.23. The number of hydrogen-bond acceptors (Lipinski definition) is 1. The highest BCUT2D eigenvalue weighted by molar-refractivity contribution is 6.74. The molecule has 16 heavy (non-hydrogen) atoms. The highest BCUT2D eigenvalue weighted by atomic mass is 28.4. The first kappa shape index (κ1) is 15.7. The van der Waals surface area contributed by atoms with Gasteiger partial charge in [0.25, 0.3) is 0 Å². The predicted molar refractivity (Wildman–Crippen MR) is 75.0 cm³/mol. The van der Waals surface area contributed by atoms with Crippen LogP contribution in [0.5, 0.6) is 0 Å². The smallest absolute Gasteiger partial charge is 0.193 e. The zero-order chi connectivity index (χ0) is 13.0. The van der Waals surface area contributed by atoms with E-state index in [2.05, 4.69) is 53.6 Å². The molecule has 0 aromatic rings. The summed E-state index contributed by atoms with van der Waals surface area (Å²) in [5, 5.41) is 0.230. The molecule has 0 amide bonds. The fourth-order valence-electron chi connectivity index (χ4n) is 1.42. The zero-order valence-electron chi connectivity index (χ0n) is 12.1. The van der Waals surface area contributed by atoms with Gasteiger partial charge in [0.2, 0.25) is 0 Å². The maximum absolute atomic E-state index is 6.27. The SMILES string of the molecule is C#CC(O[Si](C)(C)C(C)(C)C)C(C)CCC. The predicted octanol–water partition coefficient (Wildman–Crippen LogP) is 4.45. The van der Waals surface area contributed by atoms with Crippen LogP contribution >= 0.6 is 0 Å². The van der Waals surface area contributed by atoms with Crippen molar-refractivity contribution < 1.29 is 4.43 Å². The Labute approximate surface area is 103 Å². The molecule has 0 heterocycles. The molecule has 0 spiro atoms. The van der Waals surface area contributed by atoms with Crippen molar-refractivity contribution in [1.29, 1.82) is 0 Å². The Morgan fingerprint density at radius 1 is 1.31 bits per heavy atom. The van der Waals surface area contributed by atoms with E-state index in [1.54, 1.807) is 0 Å². The van der Waals surface area contributed by atoms with Gasteiger partial charge in [0.15, 0.2) is 8.32 Å². The minimum Gasteiger partial charge on any atom is -0.403 e. The normalized spacial score (nSPS) is 16.6. The van der Waals surface area contributed by atoms with Crippen LogP contribution in [-0.2, 0) is 4.43 Å². The standard InChI is InChI=1S/C14H28OSi/c1-9-11-12(3)13(10-2)15-16(7,8)14(4,5)6/h2,12-13H,9,11H2,1,3-8H3. The first-order valence-corrected chi connectivity index (χ1v) is 9.20. The van der Waals surface area contributed by atoms with Crippen molar-refractivity contribution in [3.8, 4) is 12.3 Å². The van der Waals surface area contributed by atoms with Crippen molar-refractivity contribution in [2.24, 2.45) is 5.92 Å². The molecule has 94 valence electrons. The lowest BCUT2D eigenvalue weighted by atomic mass is 10.0. The molecule has 2 heteroatoms. The molecule has 0 aromatic heterocycles. The molecular weight excluding hydrogens is 212 g/mol. The topological polar surface area (TPSA) is 9.23 Å². The van der Waals surface area contributed by atoms with E-state index in [4.69, 9.17) is 10.8 Å². The summed E-state index contributed by atoms with van der Waals surface area (Å²) < 4.78 is 6.27. The molecule has 0 aliphatic heterocycles. The molecule has 0 aliphatic carbocycles. The lowest BCUT2D eigenvalue weighted by molar-refractivity contribution is 0.171. The Hall–Kier alpha value is -0.263. The average Bonchev–Trinajstić information content (AvgIpc) is 2.12. The fraction of sp³-hybridized carbons (Fsp3) is 0.857. The maximum Gasteiger partial charge on any atom is 0.193 e. The van der Waals surface area contributed by atoms with Crippen molar-refractivity contribution in [1.82, 2.24) is 0 Å². The summed E-state index contributed by atoms with van der Waals surface area (Å²) in [6, 6.07) is 0. The molecule has 0 saturated carbocycles. The van der Waals surface area contributed by atoms with E-state index in [0.717, 1.165) is 6.42 Å². The lowest BCUT2D eigenvalue weighted by Crippen LogP contribution is -2.45. The Bertz CT molecular complexity index is 244. The van der Waals surface area contributed by atoms with Crippen LogP contribution in [0.15, 0.2) is 0 Å². The molecule has 0 aliphatic rings. The van der Waals surface area contributed by atoms with E-state index < -0.39 is 8.32 Å². The molecule has 0 aromatic carbocycles. The van der Waals surface area contributed by atoms with Gasteiger partial charge >= 0.3 is 0 Å². The minimum atomic E-state index is -1.72. The van der Waals surface area contributed by atoms with Gasteiger partial charge in [0.1, 0.15) is 6.10 Å². The first-order valence-electron chi connectivity index (χ1n) is 6.29. The fourth-order valence-corrected chi connectivity index (χ4v) is 2.70. The number of rotatable bonds is 5. The highest BCUT2D eigenvalue weighted by Crippen LogP contribution is 2.38. The van der Waals surface area contributed by atoms with E-state index in [-0.39, 0.29) is 11.1 Å². The summed E-state index contributed by atoms with van der Waals surface area (Å²) >= 11 is 0. The Morgan fingerprint density at radius 3 is 2.12 bits per heavy atom. The summed E-state index contributed by atoms with van der Waals surface area (Å²) in [7, 11) is -1.72. The zero-order valence-corrected chi connectivity index (χ0v) is 13.1. The van der Waals surface area contributed by atoms with Crippen molar-refractivity contribution in [2.45, 2.75) is 71.7 Å². The Kier molecular flexibility index (Phi) is 5.79. The molecule has 0 fully saturated rings. The third-order valence-corrected chi connectivity index (χ3v) is 8.11. The summed E-state index contributed by atoms with van der Waals surface area (Å²) in [4.78, 5) is 0. The molecule has 0 saturated heterocycles. The second kappa shape index (κ2) is 5.89. The summed E-state index contributed by atoms with van der Waals surface area (Å²) in [6.45, 7) is 15.6. The van der Waals surface area contributed by atoms with Gasteiger partial charge in [-0.1, -0.05) is 47.0 Å². The van der Waals surface area contributed by atoms with Crippen LogP contribution in [0.1, 0.15) is 47.5 Å². The van der Waals surface area contributed by atoms with Crippen molar-refractivity contribution in [3.05, 3.63) is 0 Å². The van der Waals surface area contributed by atoms with E-state index in [0.29, 0.717) is 5.92 Å². The third-order valence-electron chi connectivity index (χ3n) is 3.65. The van der Waals surface area contributed by atoms with Gasteiger partial charge in [0, 0.05) is 0 Å². The Balaban J connectivity index is 4.62. The number of hydrogen-bond donors (Lipinski definition) is 0. The molecule has 0 rings (SSSR count). The van der Waals surface area contributed by atoms with Gasteiger partial charge in [-0.15, -0.1) is 6.42 Å². The van der Waals surface area contributed by atoms with Gasteiger partial charge in [0.05, 0.1) is 0 Å².